The Labute approximate surface area is 187 Å². The molecule has 1 unspecified atom stereocenters. The minimum absolute atomic E-state index is 0.0593. The van der Waals surface area contributed by atoms with Crippen LogP contribution in [0.3, 0.4) is 0 Å². The monoisotopic (exact) mass is 452 g/mol. The van der Waals surface area contributed by atoms with Gasteiger partial charge in [-0.1, -0.05) is 42.5 Å². The maximum atomic E-state index is 13.0. The van der Waals surface area contributed by atoms with E-state index in [1.165, 1.54) is 31.4 Å². The Hall–Kier alpha value is -3.36. The van der Waals surface area contributed by atoms with Gasteiger partial charge in [0.15, 0.2) is 0 Å². The molecule has 7 nitrogen and oxygen atoms in total. The molecule has 1 N–H and O–H groups in total. The zero-order valence-corrected chi connectivity index (χ0v) is 18.4. The highest BCUT2D eigenvalue weighted by molar-refractivity contribution is 7.92. The molecule has 1 amide bonds. The Morgan fingerprint density at radius 2 is 1.69 bits per heavy atom. The van der Waals surface area contributed by atoms with Crippen LogP contribution in [0.5, 0.6) is 5.75 Å². The standard InChI is InChI=1S/C24H24N2O5S/c1-30-22-10-6-5-9-21(22)25-32(28,29)20-13-11-19(12-14-20)24(27)26-15-16-31-23(17-26)18-7-3-2-4-8-18/h2-14,23,25H,15-17H2,1H3. The van der Waals surface area contributed by atoms with Crippen molar-refractivity contribution < 1.29 is 22.7 Å². The van der Waals surface area contributed by atoms with E-state index in [4.69, 9.17) is 9.47 Å². The molecule has 3 aromatic rings. The van der Waals surface area contributed by atoms with Crippen molar-refractivity contribution in [3.63, 3.8) is 0 Å². The maximum Gasteiger partial charge on any atom is 0.262 e. The Morgan fingerprint density at radius 3 is 2.41 bits per heavy atom. The van der Waals surface area contributed by atoms with Crippen molar-refractivity contribution in [3.05, 3.63) is 90.0 Å². The fourth-order valence-corrected chi connectivity index (χ4v) is 4.67. The number of hydrogen-bond donors (Lipinski definition) is 1. The van der Waals surface area contributed by atoms with E-state index < -0.39 is 10.0 Å². The third-order valence-electron chi connectivity index (χ3n) is 5.29. The number of methoxy groups -OCH3 is 1. The fraction of sp³-hybridized carbons (Fsp3) is 0.208. The number of nitrogens with zero attached hydrogens (tertiary/aromatic N) is 1. The molecule has 1 heterocycles. The largest absolute Gasteiger partial charge is 0.495 e. The van der Waals surface area contributed by atoms with E-state index in [9.17, 15) is 13.2 Å². The highest BCUT2D eigenvalue weighted by Gasteiger charge is 2.26. The molecule has 0 radical (unpaired) electrons. The number of carbonyl (C=O) groups excluding carboxylic acids is 1. The average Bonchev–Trinajstić information content (AvgIpc) is 2.84. The van der Waals surface area contributed by atoms with Crippen molar-refractivity contribution in [2.24, 2.45) is 0 Å². The predicted molar refractivity (Wildman–Crippen MR) is 121 cm³/mol. The molecule has 8 heteroatoms. The summed E-state index contributed by atoms with van der Waals surface area (Å²) in [6.45, 7) is 1.37. The highest BCUT2D eigenvalue weighted by Crippen LogP contribution is 2.27. The molecule has 4 rings (SSSR count). The lowest BCUT2D eigenvalue weighted by Gasteiger charge is -2.33. The zero-order chi connectivity index (χ0) is 22.6. The Balaban J connectivity index is 1.47. The van der Waals surface area contributed by atoms with Gasteiger partial charge >= 0.3 is 0 Å². The van der Waals surface area contributed by atoms with Crippen LogP contribution in [-0.2, 0) is 14.8 Å². The number of rotatable bonds is 6. The highest BCUT2D eigenvalue weighted by atomic mass is 32.2. The number of hydrogen-bond acceptors (Lipinski definition) is 5. The van der Waals surface area contributed by atoms with Crippen LogP contribution < -0.4 is 9.46 Å². The average molecular weight is 453 g/mol. The van der Waals surface area contributed by atoms with Gasteiger partial charge in [-0.05, 0) is 42.0 Å². The van der Waals surface area contributed by atoms with Crippen molar-refractivity contribution in [2.75, 3.05) is 31.5 Å². The molecule has 0 spiro atoms. The van der Waals surface area contributed by atoms with Crippen molar-refractivity contribution in [1.82, 2.24) is 4.90 Å². The minimum Gasteiger partial charge on any atom is -0.495 e. The predicted octanol–water partition coefficient (Wildman–Crippen LogP) is 3.71. The van der Waals surface area contributed by atoms with E-state index in [-0.39, 0.29) is 16.9 Å². The summed E-state index contributed by atoms with van der Waals surface area (Å²) in [4.78, 5) is 14.8. The smallest absolute Gasteiger partial charge is 0.262 e. The van der Waals surface area contributed by atoms with Crippen LogP contribution in [-0.4, -0.2) is 46.0 Å². The topological polar surface area (TPSA) is 84.9 Å². The number of ether oxygens (including phenoxy) is 2. The number of anilines is 1. The van der Waals surface area contributed by atoms with Gasteiger partial charge in [0.25, 0.3) is 15.9 Å². The Morgan fingerprint density at radius 1 is 1.00 bits per heavy atom. The van der Waals surface area contributed by atoms with Gasteiger partial charge in [-0.2, -0.15) is 0 Å². The lowest BCUT2D eigenvalue weighted by atomic mass is 10.1. The molecule has 0 saturated carbocycles. The Bertz CT molecular complexity index is 1180. The minimum atomic E-state index is -3.83. The van der Waals surface area contributed by atoms with Gasteiger partial charge in [-0.15, -0.1) is 0 Å². The molecule has 1 fully saturated rings. The van der Waals surface area contributed by atoms with Gasteiger partial charge in [-0.25, -0.2) is 8.42 Å². The molecule has 32 heavy (non-hydrogen) atoms. The van der Waals surface area contributed by atoms with Crippen molar-refractivity contribution in [3.8, 4) is 5.75 Å². The molecule has 0 bridgehead atoms. The summed E-state index contributed by atoms with van der Waals surface area (Å²) in [6.07, 6.45) is -0.182. The molecular weight excluding hydrogens is 428 g/mol. The second-order valence-electron chi connectivity index (χ2n) is 7.35. The first kappa shape index (κ1) is 21.9. The second-order valence-corrected chi connectivity index (χ2v) is 9.03. The molecule has 0 aliphatic carbocycles. The van der Waals surface area contributed by atoms with Crippen LogP contribution in [0.2, 0.25) is 0 Å². The fourth-order valence-electron chi connectivity index (χ4n) is 3.59. The molecule has 3 aromatic carbocycles. The molecule has 1 aliphatic heterocycles. The summed E-state index contributed by atoms with van der Waals surface area (Å²) >= 11 is 0. The van der Waals surface area contributed by atoms with E-state index in [2.05, 4.69) is 4.72 Å². The number of para-hydroxylation sites is 2. The number of sulfonamides is 1. The van der Waals surface area contributed by atoms with Crippen molar-refractivity contribution in [1.29, 1.82) is 0 Å². The summed E-state index contributed by atoms with van der Waals surface area (Å²) < 4.78 is 39.1. The van der Waals surface area contributed by atoms with E-state index in [0.29, 0.717) is 36.7 Å². The number of nitrogens with one attached hydrogen (secondary N) is 1. The van der Waals surface area contributed by atoms with Gasteiger partial charge < -0.3 is 14.4 Å². The van der Waals surface area contributed by atoms with Crippen molar-refractivity contribution >= 4 is 21.6 Å². The second kappa shape index (κ2) is 9.42. The number of carbonyl (C=O) groups is 1. The third kappa shape index (κ3) is 4.76. The van der Waals surface area contributed by atoms with Crippen LogP contribution in [0.25, 0.3) is 0 Å². The lowest BCUT2D eigenvalue weighted by molar-refractivity contribution is -0.0228. The molecule has 0 aromatic heterocycles. The number of benzene rings is 3. The van der Waals surface area contributed by atoms with Crippen LogP contribution in [0.15, 0.2) is 83.8 Å². The van der Waals surface area contributed by atoms with Crippen LogP contribution in [0.4, 0.5) is 5.69 Å². The summed E-state index contributed by atoms with van der Waals surface area (Å²) in [6, 6.07) is 22.5. The Kier molecular flexibility index (Phi) is 6.43. The van der Waals surface area contributed by atoms with Gasteiger partial charge in [-0.3, -0.25) is 9.52 Å². The van der Waals surface area contributed by atoms with Gasteiger partial charge in [0.05, 0.1) is 30.8 Å². The molecule has 1 aliphatic rings. The zero-order valence-electron chi connectivity index (χ0n) is 17.6. The quantitative estimate of drug-likeness (QED) is 0.616. The molecule has 1 saturated heterocycles. The normalized spacial score (nSPS) is 16.4. The van der Waals surface area contributed by atoms with Gasteiger partial charge in [0.1, 0.15) is 11.9 Å². The lowest BCUT2D eigenvalue weighted by Crippen LogP contribution is -2.42. The van der Waals surface area contributed by atoms with Crippen molar-refractivity contribution in [2.45, 2.75) is 11.0 Å². The first-order chi connectivity index (χ1) is 15.5. The molecule has 166 valence electrons. The summed E-state index contributed by atoms with van der Waals surface area (Å²) in [5, 5.41) is 0. The molecular formula is C24H24N2O5S. The summed E-state index contributed by atoms with van der Waals surface area (Å²) in [7, 11) is -2.36. The van der Waals surface area contributed by atoms with E-state index in [1.807, 2.05) is 30.3 Å². The molecule has 1 atom stereocenters. The summed E-state index contributed by atoms with van der Waals surface area (Å²) in [5.74, 6) is 0.263. The number of amides is 1. The van der Waals surface area contributed by atoms with Crippen LogP contribution >= 0.6 is 0 Å². The first-order valence-corrected chi connectivity index (χ1v) is 11.7. The SMILES string of the molecule is COc1ccccc1NS(=O)(=O)c1ccc(C(=O)N2CCOC(c3ccccc3)C2)cc1. The van der Waals surface area contributed by atoms with Crippen LogP contribution in [0.1, 0.15) is 22.0 Å². The van der Waals surface area contributed by atoms with Gasteiger partial charge in [0.2, 0.25) is 0 Å². The van der Waals surface area contributed by atoms with Gasteiger partial charge in [0, 0.05) is 12.1 Å². The number of morpholine rings is 1. The summed E-state index contributed by atoms with van der Waals surface area (Å²) in [5.41, 5.74) is 1.79. The first-order valence-electron chi connectivity index (χ1n) is 10.2. The van der Waals surface area contributed by atoms with E-state index >= 15 is 0 Å². The van der Waals surface area contributed by atoms with E-state index in [0.717, 1.165) is 5.56 Å². The van der Waals surface area contributed by atoms with E-state index in [1.54, 1.807) is 29.2 Å². The maximum absolute atomic E-state index is 13.0. The van der Waals surface area contributed by atoms with Crippen LogP contribution in [0, 0.1) is 0 Å². The third-order valence-corrected chi connectivity index (χ3v) is 6.67.